The van der Waals surface area contributed by atoms with E-state index in [4.69, 9.17) is 14.2 Å². The molecule has 0 aliphatic heterocycles. The molecule has 0 fully saturated rings. The second kappa shape index (κ2) is 13.4. The fourth-order valence-corrected chi connectivity index (χ4v) is 4.81. The molecule has 1 aliphatic carbocycles. The topological polar surface area (TPSA) is 150 Å². The van der Waals surface area contributed by atoms with Crippen molar-refractivity contribution in [1.29, 1.82) is 0 Å². The average Bonchev–Trinajstić information content (AvgIpc) is 3.47. The number of nitrogens with zero attached hydrogens (tertiary/aromatic N) is 2. The number of nitrogens with one attached hydrogen (secondary N) is 3. The summed E-state index contributed by atoms with van der Waals surface area (Å²) in [6.07, 6.45) is 0.0142. The molecule has 12 nitrogen and oxygen atoms in total. The number of esters is 1. The molecule has 1 aliphatic rings. The maximum Gasteiger partial charge on any atom is 0.408 e. The molecule has 3 N–H and O–H groups in total. The second-order valence-electron chi connectivity index (χ2n) is 11.0. The van der Waals surface area contributed by atoms with Crippen LogP contribution in [0.1, 0.15) is 61.8 Å². The van der Waals surface area contributed by atoms with E-state index in [0.717, 1.165) is 22.3 Å². The molecular weight excluding hydrogens is 554 g/mol. The molecule has 12 heteroatoms. The maximum absolute atomic E-state index is 13.1. The third kappa shape index (κ3) is 7.91. The lowest BCUT2D eigenvalue weighted by Crippen LogP contribution is -2.47. The first-order valence-corrected chi connectivity index (χ1v) is 14.1. The zero-order valence-electron chi connectivity index (χ0n) is 24.9. The molecule has 43 heavy (non-hydrogen) atoms. The number of ether oxygens (including phenoxy) is 3. The van der Waals surface area contributed by atoms with E-state index in [1.807, 2.05) is 36.4 Å². The number of carbonyl (C=O) groups excluding carboxylic acids is 4. The lowest BCUT2D eigenvalue weighted by molar-refractivity contribution is -0.118. The Hall–Kier alpha value is -4.87. The quantitative estimate of drug-likeness (QED) is 0.233. The third-order valence-electron chi connectivity index (χ3n) is 6.64. The minimum atomic E-state index is -1.10. The highest BCUT2D eigenvalue weighted by atomic mass is 16.6. The van der Waals surface area contributed by atoms with Gasteiger partial charge in [0, 0.05) is 25.7 Å². The van der Waals surface area contributed by atoms with Gasteiger partial charge in [0.2, 0.25) is 11.7 Å². The van der Waals surface area contributed by atoms with Gasteiger partial charge in [-0.2, -0.15) is 0 Å². The summed E-state index contributed by atoms with van der Waals surface area (Å²) in [7, 11) is 1.59. The normalized spacial score (nSPS) is 12.9. The SMILES string of the molecule is CCOC(=O)c1nc(NC(=O)[C@@H](CCNC(=O)OCC2c3ccccc3-c3ccccc32)NC(=O)OC(C)(C)C)cn1C. The molecule has 4 rings (SSSR count). The Morgan fingerprint density at radius 1 is 0.953 bits per heavy atom. The van der Waals surface area contributed by atoms with Gasteiger partial charge in [-0.15, -0.1) is 0 Å². The number of anilines is 1. The summed E-state index contributed by atoms with van der Waals surface area (Å²) >= 11 is 0. The number of benzene rings is 2. The molecule has 2 aromatic carbocycles. The molecule has 0 saturated carbocycles. The molecule has 0 saturated heterocycles. The van der Waals surface area contributed by atoms with E-state index >= 15 is 0 Å². The Morgan fingerprint density at radius 2 is 1.58 bits per heavy atom. The Bertz CT molecular complexity index is 1450. The fraction of sp³-hybridized carbons (Fsp3) is 0.387. The summed E-state index contributed by atoms with van der Waals surface area (Å²) in [5.74, 6) is -1.25. The van der Waals surface area contributed by atoms with E-state index in [-0.39, 0.29) is 43.7 Å². The molecule has 1 heterocycles. The largest absolute Gasteiger partial charge is 0.460 e. The van der Waals surface area contributed by atoms with Crippen LogP contribution < -0.4 is 16.0 Å². The van der Waals surface area contributed by atoms with Crippen molar-refractivity contribution in [1.82, 2.24) is 20.2 Å². The second-order valence-corrected chi connectivity index (χ2v) is 11.0. The van der Waals surface area contributed by atoms with E-state index in [1.54, 1.807) is 34.7 Å². The van der Waals surface area contributed by atoms with Crippen LogP contribution in [-0.4, -0.2) is 65.0 Å². The molecule has 3 amide bonds. The summed E-state index contributed by atoms with van der Waals surface area (Å²) in [5, 5.41) is 7.79. The van der Waals surface area contributed by atoms with Crippen LogP contribution in [0, 0.1) is 0 Å². The number of amides is 3. The van der Waals surface area contributed by atoms with E-state index < -0.39 is 35.7 Å². The van der Waals surface area contributed by atoms with Gasteiger partial charge in [0.05, 0.1) is 6.61 Å². The standard InChI is InChI=1S/C31H37N5O7/c1-6-41-28(38)26-34-25(17-36(26)5)35-27(37)24(33-30(40)43-31(2,3)4)15-16-32-29(39)42-18-23-21-13-9-7-11-19(21)20-12-8-10-14-22(20)23/h7-14,17,23-24H,6,15-16,18H2,1-5H3,(H,32,39)(H,33,40)(H,35,37)/t24-/m1/s1. The van der Waals surface area contributed by atoms with Crippen LogP contribution in [-0.2, 0) is 26.1 Å². The summed E-state index contributed by atoms with van der Waals surface area (Å²) in [6.45, 7) is 7.10. The molecule has 1 atom stereocenters. The van der Waals surface area contributed by atoms with Crippen LogP contribution in [0.4, 0.5) is 15.4 Å². The average molecular weight is 592 g/mol. The van der Waals surface area contributed by atoms with E-state index in [9.17, 15) is 19.2 Å². The molecule has 1 aromatic heterocycles. The van der Waals surface area contributed by atoms with Crippen molar-refractivity contribution in [3.05, 3.63) is 71.7 Å². The van der Waals surface area contributed by atoms with Crippen LogP contribution >= 0.6 is 0 Å². The van der Waals surface area contributed by atoms with Crippen molar-refractivity contribution in [2.75, 3.05) is 25.1 Å². The Labute approximate surface area is 250 Å². The van der Waals surface area contributed by atoms with Crippen LogP contribution in [0.2, 0.25) is 0 Å². The van der Waals surface area contributed by atoms with Gasteiger partial charge < -0.3 is 34.7 Å². The number of carbonyl (C=O) groups is 4. The molecular formula is C31H37N5O7. The predicted molar refractivity (Wildman–Crippen MR) is 159 cm³/mol. The zero-order chi connectivity index (χ0) is 31.1. The van der Waals surface area contributed by atoms with Crippen molar-refractivity contribution in [2.45, 2.75) is 51.7 Å². The monoisotopic (exact) mass is 591 g/mol. The smallest absolute Gasteiger partial charge is 0.408 e. The van der Waals surface area contributed by atoms with Gasteiger partial charge in [0.1, 0.15) is 18.2 Å². The van der Waals surface area contributed by atoms with Gasteiger partial charge in [-0.05, 0) is 56.4 Å². The molecule has 0 bridgehead atoms. The fourth-order valence-electron chi connectivity index (χ4n) is 4.81. The van der Waals surface area contributed by atoms with Crippen molar-refractivity contribution < 1.29 is 33.4 Å². The van der Waals surface area contributed by atoms with Crippen LogP contribution in [0.5, 0.6) is 0 Å². The van der Waals surface area contributed by atoms with Crippen molar-refractivity contribution in [3.63, 3.8) is 0 Å². The van der Waals surface area contributed by atoms with Crippen LogP contribution in [0.15, 0.2) is 54.7 Å². The van der Waals surface area contributed by atoms with Gasteiger partial charge >= 0.3 is 18.2 Å². The summed E-state index contributed by atoms with van der Waals surface area (Å²) < 4.78 is 17.3. The lowest BCUT2D eigenvalue weighted by atomic mass is 9.98. The minimum Gasteiger partial charge on any atom is -0.460 e. The summed E-state index contributed by atoms with van der Waals surface area (Å²) in [5.41, 5.74) is 3.64. The highest BCUT2D eigenvalue weighted by molar-refractivity contribution is 5.96. The van der Waals surface area contributed by atoms with Gasteiger partial charge in [-0.1, -0.05) is 48.5 Å². The number of alkyl carbamates (subject to hydrolysis) is 2. The number of aromatic nitrogens is 2. The first kappa shape index (κ1) is 31.1. The van der Waals surface area contributed by atoms with Crippen molar-refractivity contribution in [3.8, 4) is 11.1 Å². The highest BCUT2D eigenvalue weighted by Crippen LogP contribution is 2.44. The van der Waals surface area contributed by atoms with Crippen molar-refractivity contribution in [2.24, 2.45) is 7.05 Å². The third-order valence-corrected chi connectivity index (χ3v) is 6.64. The maximum atomic E-state index is 13.1. The zero-order valence-corrected chi connectivity index (χ0v) is 24.9. The Kier molecular flexibility index (Phi) is 9.69. The van der Waals surface area contributed by atoms with Gasteiger partial charge in [0.25, 0.3) is 0 Å². The highest BCUT2D eigenvalue weighted by Gasteiger charge is 2.29. The van der Waals surface area contributed by atoms with E-state index in [1.165, 1.54) is 10.8 Å². The van der Waals surface area contributed by atoms with Crippen LogP contribution in [0.25, 0.3) is 11.1 Å². The number of imidazole rings is 1. The molecule has 0 radical (unpaired) electrons. The molecule has 228 valence electrons. The van der Waals surface area contributed by atoms with Crippen LogP contribution in [0.3, 0.4) is 0 Å². The Morgan fingerprint density at radius 3 is 2.19 bits per heavy atom. The van der Waals surface area contributed by atoms with E-state index in [2.05, 4.69) is 33.1 Å². The number of fused-ring (bicyclic) bond motifs is 3. The summed E-state index contributed by atoms with van der Waals surface area (Å²) in [6, 6.07) is 15.0. The predicted octanol–water partition coefficient (Wildman–Crippen LogP) is 4.36. The first-order chi connectivity index (χ1) is 20.5. The summed E-state index contributed by atoms with van der Waals surface area (Å²) in [4.78, 5) is 54.5. The number of hydrogen-bond acceptors (Lipinski definition) is 8. The number of rotatable bonds is 10. The Balaban J connectivity index is 1.36. The molecule has 0 unspecified atom stereocenters. The lowest BCUT2D eigenvalue weighted by Gasteiger charge is -2.23. The number of aryl methyl sites for hydroxylation is 1. The van der Waals surface area contributed by atoms with E-state index in [0.29, 0.717) is 0 Å². The number of hydrogen-bond donors (Lipinski definition) is 3. The van der Waals surface area contributed by atoms with Gasteiger partial charge in [-0.25, -0.2) is 19.4 Å². The molecule has 3 aromatic rings. The minimum absolute atomic E-state index is 0.00530. The van der Waals surface area contributed by atoms with Gasteiger partial charge in [-0.3, -0.25) is 4.79 Å². The molecule has 0 spiro atoms. The van der Waals surface area contributed by atoms with Gasteiger partial charge in [0.15, 0.2) is 5.82 Å². The van der Waals surface area contributed by atoms with Crippen molar-refractivity contribution >= 4 is 29.9 Å². The first-order valence-electron chi connectivity index (χ1n) is 14.1.